The van der Waals surface area contributed by atoms with Crippen molar-refractivity contribution in [3.63, 3.8) is 0 Å². The second kappa shape index (κ2) is 7.87. The molecular weight excluding hydrogens is 430 g/mol. The van der Waals surface area contributed by atoms with Crippen LogP contribution in [0.2, 0.25) is 0 Å². The molecule has 0 bridgehead atoms. The molecular formula is C27H29N3O4. The molecule has 3 unspecified atom stereocenters. The van der Waals surface area contributed by atoms with Gasteiger partial charge in [0.25, 0.3) is 5.91 Å². The zero-order chi connectivity index (χ0) is 23.4. The van der Waals surface area contributed by atoms with Crippen LogP contribution in [0.1, 0.15) is 42.5 Å². The van der Waals surface area contributed by atoms with Gasteiger partial charge in [0.05, 0.1) is 25.5 Å². The largest absolute Gasteiger partial charge is 0.496 e. The fraction of sp³-hybridized carbons (Fsp3) is 0.407. The number of aromatic amines is 1. The highest BCUT2D eigenvalue weighted by atomic mass is 16.5. The van der Waals surface area contributed by atoms with Crippen LogP contribution < -0.4 is 4.74 Å². The summed E-state index contributed by atoms with van der Waals surface area (Å²) in [6.45, 7) is 3.57. The summed E-state index contributed by atoms with van der Waals surface area (Å²) in [6.07, 6.45) is 1.92. The summed E-state index contributed by atoms with van der Waals surface area (Å²) >= 11 is 0. The molecule has 3 aliphatic rings. The molecule has 0 saturated carbocycles. The zero-order valence-corrected chi connectivity index (χ0v) is 19.5. The summed E-state index contributed by atoms with van der Waals surface area (Å²) in [6, 6.07) is 16.1. The van der Waals surface area contributed by atoms with Gasteiger partial charge in [0.2, 0.25) is 5.91 Å². The van der Waals surface area contributed by atoms with E-state index in [1.54, 1.807) is 16.9 Å². The van der Waals surface area contributed by atoms with Gasteiger partial charge < -0.3 is 24.3 Å². The maximum absolute atomic E-state index is 14.1. The maximum atomic E-state index is 14.1. The number of fused-ring (bicyclic) bond motifs is 5. The third-order valence-electron chi connectivity index (χ3n) is 7.78. The highest BCUT2D eigenvalue weighted by molar-refractivity contribution is 6.01. The molecule has 0 spiro atoms. The minimum Gasteiger partial charge on any atom is -0.496 e. The predicted octanol–water partition coefficient (Wildman–Crippen LogP) is 3.39. The molecule has 2 saturated heterocycles. The van der Waals surface area contributed by atoms with Gasteiger partial charge >= 0.3 is 0 Å². The third kappa shape index (κ3) is 2.99. The van der Waals surface area contributed by atoms with Crippen LogP contribution in [0, 0.1) is 0 Å². The lowest BCUT2D eigenvalue weighted by molar-refractivity contribution is -0.167. The Morgan fingerprint density at radius 1 is 1.15 bits per heavy atom. The molecule has 4 heterocycles. The van der Waals surface area contributed by atoms with Crippen molar-refractivity contribution in [3.05, 3.63) is 65.4 Å². The number of aromatic nitrogens is 1. The van der Waals surface area contributed by atoms with Gasteiger partial charge in [-0.05, 0) is 37.5 Å². The minimum absolute atomic E-state index is 0.000923. The van der Waals surface area contributed by atoms with Crippen molar-refractivity contribution in [2.45, 2.75) is 37.3 Å². The Kier molecular flexibility index (Phi) is 4.92. The second-order valence-electron chi connectivity index (χ2n) is 9.65. The number of carbonyl (C=O) groups excluding carboxylic acids is 2. The van der Waals surface area contributed by atoms with Crippen molar-refractivity contribution in [3.8, 4) is 5.75 Å². The van der Waals surface area contributed by atoms with Crippen LogP contribution in [0.5, 0.6) is 5.75 Å². The van der Waals surface area contributed by atoms with Crippen LogP contribution in [0.15, 0.2) is 48.5 Å². The molecule has 6 rings (SSSR count). The predicted molar refractivity (Wildman–Crippen MR) is 128 cm³/mol. The Bertz CT molecular complexity index is 1280. The summed E-state index contributed by atoms with van der Waals surface area (Å²) in [4.78, 5) is 34.6. The molecule has 0 aliphatic carbocycles. The van der Waals surface area contributed by atoms with E-state index in [0.29, 0.717) is 13.1 Å². The Hall–Kier alpha value is -3.32. The molecule has 7 nitrogen and oxygen atoms in total. The normalized spacial score (nSPS) is 26.6. The van der Waals surface area contributed by atoms with Gasteiger partial charge in [0, 0.05) is 42.1 Å². The van der Waals surface area contributed by atoms with Gasteiger partial charge in [-0.1, -0.05) is 36.4 Å². The second-order valence-corrected chi connectivity index (χ2v) is 9.65. The summed E-state index contributed by atoms with van der Waals surface area (Å²) < 4.78 is 11.5. The van der Waals surface area contributed by atoms with E-state index in [1.165, 1.54) is 0 Å². The van der Waals surface area contributed by atoms with Gasteiger partial charge in [0.15, 0.2) is 5.54 Å². The van der Waals surface area contributed by atoms with Crippen molar-refractivity contribution in [1.82, 2.24) is 14.8 Å². The summed E-state index contributed by atoms with van der Waals surface area (Å²) in [5, 5.41) is 1.07. The van der Waals surface area contributed by atoms with Crippen molar-refractivity contribution < 1.29 is 19.1 Å². The van der Waals surface area contributed by atoms with Crippen LogP contribution in [0.25, 0.3) is 10.9 Å². The number of para-hydroxylation sites is 2. The van der Waals surface area contributed by atoms with E-state index >= 15 is 0 Å². The number of ether oxygens (including phenoxy) is 2. The number of benzene rings is 2. The third-order valence-corrected chi connectivity index (χ3v) is 7.78. The standard InChI is InChI=1S/C27H29N3O4/c1-27-25-24(19-10-3-5-11-21(19)28-25)20(18-9-4-6-12-22(18)33-2)15-30(27)23(31)16-29(26(27)32)14-17-8-7-13-34-17/h3-6,9-12,17,20,28H,7-8,13-16H2,1-2H3. The number of rotatable bonds is 4. The topological polar surface area (TPSA) is 74.9 Å². The monoisotopic (exact) mass is 459 g/mol. The van der Waals surface area contributed by atoms with Gasteiger partial charge in [-0.15, -0.1) is 0 Å². The quantitative estimate of drug-likeness (QED) is 0.649. The molecule has 3 aromatic rings. The van der Waals surface area contributed by atoms with Crippen LogP contribution in [0.3, 0.4) is 0 Å². The minimum atomic E-state index is -1.10. The Balaban J connectivity index is 1.52. The molecule has 176 valence electrons. The first-order valence-corrected chi connectivity index (χ1v) is 12.0. The first kappa shape index (κ1) is 21.2. The molecule has 1 aromatic heterocycles. The average molecular weight is 460 g/mol. The molecule has 2 fully saturated rings. The number of nitrogens with zero attached hydrogens (tertiary/aromatic N) is 2. The van der Waals surface area contributed by atoms with Crippen molar-refractivity contribution >= 4 is 22.7 Å². The number of piperazine rings is 1. The Labute approximate surface area is 198 Å². The number of hydrogen-bond acceptors (Lipinski definition) is 4. The number of nitrogens with one attached hydrogen (secondary N) is 1. The van der Waals surface area contributed by atoms with E-state index in [-0.39, 0.29) is 30.4 Å². The van der Waals surface area contributed by atoms with Crippen LogP contribution >= 0.6 is 0 Å². The van der Waals surface area contributed by atoms with Crippen LogP contribution in [-0.2, 0) is 19.9 Å². The van der Waals surface area contributed by atoms with Crippen molar-refractivity contribution in [1.29, 1.82) is 0 Å². The van der Waals surface area contributed by atoms with Crippen LogP contribution in [-0.4, -0.2) is 66.1 Å². The van der Waals surface area contributed by atoms with E-state index in [1.807, 2.05) is 43.3 Å². The maximum Gasteiger partial charge on any atom is 0.255 e. The molecule has 3 aliphatic heterocycles. The average Bonchev–Trinajstić information content (AvgIpc) is 3.51. The summed E-state index contributed by atoms with van der Waals surface area (Å²) in [7, 11) is 1.67. The fourth-order valence-corrected chi connectivity index (χ4v) is 6.09. The molecule has 34 heavy (non-hydrogen) atoms. The smallest absolute Gasteiger partial charge is 0.255 e. The molecule has 0 radical (unpaired) electrons. The summed E-state index contributed by atoms with van der Waals surface area (Å²) in [5.74, 6) is 0.582. The number of carbonyl (C=O) groups is 2. The van der Waals surface area contributed by atoms with E-state index < -0.39 is 5.54 Å². The number of H-pyrrole nitrogens is 1. The highest BCUT2D eigenvalue weighted by Crippen LogP contribution is 2.49. The van der Waals surface area contributed by atoms with Crippen LogP contribution in [0.4, 0.5) is 0 Å². The SMILES string of the molecule is COc1ccccc1C1CN2C(=O)CN(CC3CCCO3)C(=O)C2(C)c2[nH]c3ccccc3c21. The highest BCUT2D eigenvalue weighted by Gasteiger charge is 2.56. The fourth-order valence-electron chi connectivity index (χ4n) is 6.09. The number of amides is 2. The Morgan fingerprint density at radius 2 is 1.94 bits per heavy atom. The first-order chi connectivity index (χ1) is 16.5. The lowest BCUT2D eigenvalue weighted by Gasteiger charge is -2.51. The number of hydrogen-bond donors (Lipinski definition) is 1. The van der Waals surface area contributed by atoms with Gasteiger partial charge in [-0.25, -0.2) is 0 Å². The van der Waals surface area contributed by atoms with Gasteiger partial charge in [-0.3, -0.25) is 9.59 Å². The molecule has 2 aromatic carbocycles. The number of methoxy groups -OCH3 is 1. The van der Waals surface area contributed by atoms with E-state index in [4.69, 9.17) is 9.47 Å². The van der Waals surface area contributed by atoms with E-state index in [0.717, 1.165) is 52.9 Å². The molecule has 2 amide bonds. The Morgan fingerprint density at radius 3 is 2.74 bits per heavy atom. The zero-order valence-electron chi connectivity index (χ0n) is 19.5. The van der Waals surface area contributed by atoms with Gasteiger partial charge in [-0.2, -0.15) is 0 Å². The summed E-state index contributed by atoms with van der Waals surface area (Å²) in [5.41, 5.74) is 2.75. The molecule has 3 atom stereocenters. The molecule has 1 N–H and O–H groups in total. The first-order valence-electron chi connectivity index (χ1n) is 12.0. The van der Waals surface area contributed by atoms with Gasteiger partial charge in [0.1, 0.15) is 5.75 Å². The lowest BCUT2D eigenvalue weighted by atomic mass is 9.76. The molecule has 7 heteroatoms. The van der Waals surface area contributed by atoms with Crippen molar-refractivity contribution in [2.75, 3.05) is 33.4 Å². The van der Waals surface area contributed by atoms with Crippen molar-refractivity contribution in [2.24, 2.45) is 0 Å². The lowest BCUT2D eigenvalue weighted by Crippen LogP contribution is -2.68. The van der Waals surface area contributed by atoms with E-state index in [9.17, 15) is 9.59 Å². The van der Waals surface area contributed by atoms with E-state index in [2.05, 4.69) is 17.1 Å².